The number of nitrogens with zero attached hydrogens (tertiary/aromatic N) is 1. The largest absolute Gasteiger partial charge is 0.481 e. The topological polar surface area (TPSA) is 66.8 Å². The quantitative estimate of drug-likeness (QED) is 0.799. The van der Waals surface area contributed by atoms with Crippen LogP contribution in [0.15, 0.2) is 0 Å². The molecule has 5 heteroatoms. The first-order chi connectivity index (χ1) is 7.97. The third-order valence-electron chi connectivity index (χ3n) is 3.30. The minimum absolute atomic E-state index is 0.000901. The van der Waals surface area contributed by atoms with E-state index in [-0.39, 0.29) is 17.7 Å². The third kappa shape index (κ3) is 3.43. The zero-order chi connectivity index (χ0) is 13.0. The van der Waals surface area contributed by atoms with Crippen LogP contribution in [0.3, 0.4) is 0 Å². The first kappa shape index (κ1) is 14.0. The van der Waals surface area contributed by atoms with Gasteiger partial charge in [0.2, 0.25) is 0 Å². The Morgan fingerprint density at radius 1 is 1.53 bits per heavy atom. The lowest BCUT2D eigenvalue weighted by Crippen LogP contribution is -2.48. The molecule has 1 amide bonds. The average Bonchev–Trinajstić information content (AvgIpc) is 2.27. The Morgan fingerprint density at radius 3 is 2.65 bits per heavy atom. The van der Waals surface area contributed by atoms with Crippen LogP contribution in [0.5, 0.6) is 0 Å². The van der Waals surface area contributed by atoms with Gasteiger partial charge >= 0.3 is 5.97 Å². The van der Waals surface area contributed by atoms with Crippen LogP contribution < -0.4 is 0 Å². The smallest absolute Gasteiger partial charge is 0.306 e. The van der Waals surface area contributed by atoms with Crippen LogP contribution in [0, 0.1) is 11.8 Å². The Morgan fingerprint density at radius 2 is 2.18 bits per heavy atom. The Balaban J connectivity index is 2.54. The third-order valence-corrected chi connectivity index (χ3v) is 3.30. The fraction of sp³-hybridized carbons (Fsp3) is 0.833. The summed E-state index contributed by atoms with van der Waals surface area (Å²) in [6.45, 7) is 6.99. The monoisotopic (exact) mass is 243 g/mol. The van der Waals surface area contributed by atoms with Crippen LogP contribution >= 0.6 is 0 Å². The molecule has 0 bridgehead atoms. The minimum Gasteiger partial charge on any atom is -0.481 e. The van der Waals surface area contributed by atoms with E-state index in [1.807, 2.05) is 13.8 Å². The first-order valence-electron chi connectivity index (χ1n) is 6.10. The number of hydrogen-bond acceptors (Lipinski definition) is 3. The van der Waals surface area contributed by atoms with Gasteiger partial charge in [0.05, 0.1) is 5.92 Å². The van der Waals surface area contributed by atoms with Crippen molar-refractivity contribution in [2.75, 3.05) is 19.7 Å². The number of aliphatic carboxylic acids is 1. The second-order valence-electron chi connectivity index (χ2n) is 4.59. The molecule has 0 radical (unpaired) electrons. The van der Waals surface area contributed by atoms with Crippen molar-refractivity contribution in [2.45, 2.75) is 33.3 Å². The molecule has 3 atom stereocenters. The number of likely N-dealkylation sites (tertiary alicyclic amines) is 1. The van der Waals surface area contributed by atoms with Crippen LogP contribution in [0.25, 0.3) is 0 Å². The summed E-state index contributed by atoms with van der Waals surface area (Å²) in [5.41, 5.74) is 0. The molecule has 0 saturated carbocycles. The maximum Gasteiger partial charge on any atom is 0.306 e. The van der Waals surface area contributed by atoms with Crippen molar-refractivity contribution in [1.82, 2.24) is 4.90 Å². The van der Waals surface area contributed by atoms with Crippen molar-refractivity contribution in [3.8, 4) is 0 Å². The number of carbonyl (C=O) groups is 2. The highest BCUT2D eigenvalue weighted by Gasteiger charge is 2.34. The van der Waals surface area contributed by atoms with Crippen LogP contribution in [-0.2, 0) is 14.3 Å². The van der Waals surface area contributed by atoms with Crippen molar-refractivity contribution in [1.29, 1.82) is 0 Å². The van der Waals surface area contributed by atoms with E-state index in [0.717, 1.165) is 0 Å². The van der Waals surface area contributed by atoms with E-state index >= 15 is 0 Å². The Bertz CT molecular complexity index is 292. The zero-order valence-corrected chi connectivity index (χ0v) is 10.7. The molecule has 1 aliphatic heterocycles. The average molecular weight is 243 g/mol. The number of amides is 1. The molecular formula is C12H21NO4. The number of rotatable bonds is 4. The molecule has 1 heterocycles. The predicted molar refractivity (Wildman–Crippen MR) is 62.6 cm³/mol. The molecule has 0 aromatic carbocycles. The Kier molecular flexibility index (Phi) is 4.93. The maximum absolute atomic E-state index is 12.0. The molecule has 1 fully saturated rings. The van der Waals surface area contributed by atoms with Crippen molar-refractivity contribution in [3.63, 3.8) is 0 Å². The molecule has 1 saturated heterocycles. The lowest BCUT2D eigenvalue weighted by atomic mass is 9.87. The zero-order valence-electron chi connectivity index (χ0n) is 10.7. The van der Waals surface area contributed by atoms with E-state index < -0.39 is 12.1 Å². The van der Waals surface area contributed by atoms with Gasteiger partial charge in [-0.3, -0.25) is 9.59 Å². The van der Waals surface area contributed by atoms with Gasteiger partial charge in [-0.15, -0.1) is 0 Å². The number of carbonyl (C=O) groups excluding carboxylic acids is 1. The lowest BCUT2D eigenvalue weighted by molar-refractivity contribution is -0.152. The second-order valence-corrected chi connectivity index (χ2v) is 4.59. The van der Waals surface area contributed by atoms with Gasteiger partial charge < -0.3 is 14.7 Å². The molecule has 0 spiro atoms. The molecular weight excluding hydrogens is 222 g/mol. The van der Waals surface area contributed by atoms with E-state index in [9.17, 15) is 9.59 Å². The first-order valence-corrected chi connectivity index (χ1v) is 6.10. The summed E-state index contributed by atoms with van der Waals surface area (Å²) >= 11 is 0. The predicted octanol–water partition coefficient (Wildman–Crippen LogP) is 0.981. The van der Waals surface area contributed by atoms with Gasteiger partial charge in [0.15, 0.2) is 0 Å². The van der Waals surface area contributed by atoms with Crippen LogP contribution in [0.1, 0.15) is 27.2 Å². The van der Waals surface area contributed by atoms with E-state index in [1.165, 1.54) is 0 Å². The SMILES string of the molecule is CCOC(C)C(=O)N1CC[C@H](C(=O)O)[C@H](C)C1. The second kappa shape index (κ2) is 6.00. The molecule has 1 unspecified atom stereocenters. The molecule has 0 aromatic heterocycles. The van der Waals surface area contributed by atoms with Crippen LogP contribution in [-0.4, -0.2) is 47.7 Å². The summed E-state index contributed by atoms with van der Waals surface area (Å²) in [6.07, 6.45) is 0.0924. The maximum atomic E-state index is 12.0. The van der Waals surface area contributed by atoms with E-state index in [0.29, 0.717) is 26.1 Å². The number of ether oxygens (including phenoxy) is 1. The summed E-state index contributed by atoms with van der Waals surface area (Å²) in [5.74, 6) is -1.13. The molecule has 98 valence electrons. The number of hydrogen-bond donors (Lipinski definition) is 1. The fourth-order valence-electron chi connectivity index (χ4n) is 2.29. The summed E-state index contributed by atoms with van der Waals surface area (Å²) in [7, 11) is 0. The van der Waals surface area contributed by atoms with Crippen molar-refractivity contribution in [2.24, 2.45) is 11.8 Å². The van der Waals surface area contributed by atoms with Gasteiger partial charge in [0, 0.05) is 19.7 Å². The molecule has 17 heavy (non-hydrogen) atoms. The molecule has 1 rings (SSSR count). The van der Waals surface area contributed by atoms with Gasteiger partial charge in [0.1, 0.15) is 6.10 Å². The van der Waals surface area contributed by atoms with E-state index in [2.05, 4.69) is 0 Å². The van der Waals surface area contributed by atoms with Gasteiger partial charge in [-0.25, -0.2) is 0 Å². The number of carboxylic acid groups (broad SMARTS) is 1. The highest BCUT2D eigenvalue weighted by atomic mass is 16.5. The molecule has 1 aliphatic rings. The lowest BCUT2D eigenvalue weighted by Gasteiger charge is -2.36. The standard InChI is InChI=1S/C12H21NO4/c1-4-17-9(3)11(14)13-6-5-10(12(15)16)8(2)7-13/h8-10H,4-7H2,1-3H3,(H,15,16)/t8-,9?,10+/m1/s1. The van der Waals surface area contributed by atoms with Crippen molar-refractivity contribution < 1.29 is 19.4 Å². The number of carboxylic acids is 1. The van der Waals surface area contributed by atoms with Crippen molar-refractivity contribution in [3.05, 3.63) is 0 Å². The van der Waals surface area contributed by atoms with E-state index in [4.69, 9.17) is 9.84 Å². The number of piperidine rings is 1. The summed E-state index contributed by atoms with van der Waals surface area (Å²) in [4.78, 5) is 24.6. The minimum atomic E-state index is -0.762. The summed E-state index contributed by atoms with van der Waals surface area (Å²) in [5, 5.41) is 9.00. The molecule has 5 nitrogen and oxygen atoms in total. The molecule has 0 aliphatic carbocycles. The van der Waals surface area contributed by atoms with Crippen LogP contribution in [0.2, 0.25) is 0 Å². The van der Waals surface area contributed by atoms with Crippen molar-refractivity contribution >= 4 is 11.9 Å². The fourth-order valence-corrected chi connectivity index (χ4v) is 2.29. The Labute approximate surface area is 102 Å². The van der Waals surface area contributed by atoms with Gasteiger partial charge in [0.25, 0.3) is 5.91 Å². The molecule has 1 N–H and O–H groups in total. The van der Waals surface area contributed by atoms with E-state index in [1.54, 1.807) is 11.8 Å². The summed E-state index contributed by atoms with van der Waals surface area (Å²) in [6, 6.07) is 0. The van der Waals surface area contributed by atoms with Gasteiger partial charge in [-0.1, -0.05) is 6.92 Å². The highest BCUT2D eigenvalue weighted by Crippen LogP contribution is 2.24. The summed E-state index contributed by atoms with van der Waals surface area (Å²) < 4.78 is 5.26. The Hall–Kier alpha value is -1.10. The normalized spacial score (nSPS) is 26.6. The van der Waals surface area contributed by atoms with Crippen LogP contribution in [0.4, 0.5) is 0 Å². The highest BCUT2D eigenvalue weighted by molar-refractivity contribution is 5.81. The molecule has 0 aromatic rings. The van der Waals surface area contributed by atoms with Gasteiger partial charge in [-0.2, -0.15) is 0 Å². The van der Waals surface area contributed by atoms with Gasteiger partial charge in [-0.05, 0) is 26.2 Å².